The summed E-state index contributed by atoms with van der Waals surface area (Å²) >= 11 is 1.76. The van der Waals surface area contributed by atoms with Crippen molar-refractivity contribution in [1.29, 1.82) is 0 Å². The Balaban J connectivity index is 1.96. The second-order valence-electron chi connectivity index (χ2n) is 5.50. The normalized spacial score (nSPS) is 17.6. The van der Waals surface area contributed by atoms with Gasteiger partial charge in [-0.3, -0.25) is 0 Å². The molecule has 0 spiro atoms. The molecular formula is C17H19NO3S2. The lowest BCUT2D eigenvalue weighted by Gasteiger charge is -2.26. The molecule has 0 aromatic heterocycles. The zero-order chi connectivity index (χ0) is 16.4. The zero-order valence-corrected chi connectivity index (χ0v) is 14.7. The lowest BCUT2D eigenvalue weighted by molar-refractivity contribution is 0.401. The summed E-state index contributed by atoms with van der Waals surface area (Å²) in [5, 5.41) is 0. The minimum Gasteiger partial charge on any atom is -0.495 e. The van der Waals surface area contributed by atoms with Crippen LogP contribution in [0.3, 0.4) is 0 Å². The molecule has 2 aromatic rings. The van der Waals surface area contributed by atoms with Crippen molar-refractivity contribution in [3.05, 3.63) is 53.6 Å². The number of methoxy groups -OCH3 is 1. The Morgan fingerprint density at radius 3 is 2.78 bits per heavy atom. The predicted molar refractivity (Wildman–Crippen MR) is 92.6 cm³/mol. The monoisotopic (exact) mass is 349 g/mol. The van der Waals surface area contributed by atoms with Crippen molar-refractivity contribution in [3.8, 4) is 5.75 Å². The predicted octanol–water partition coefficient (Wildman–Crippen LogP) is 3.52. The lowest BCUT2D eigenvalue weighted by Crippen LogP contribution is -2.31. The molecule has 1 aliphatic rings. The average molecular weight is 349 g/mol. The van der Waals surface area contributed by atoms with Crippen LogP contribution < -0.4 is 9.46 Å². The number of rotatable bonds is 4. The van der Waals surface area contributed by atoms with Crippen LogP contribution in [0.15, 0.2) is 52.3 Å². The van der Waals surface area contributed by atoms with E-state index in [9.17, 15) is 8.42 Å². The summed E-state index contributed by atoms with van der Waals surface area (Å²) in [6.45, 7) is 1.87. The van der Waals surface area contributed by atoms with Gasteiger partial charge in [-0.15, -0.1) is 11.8 Å². The minimum atomic E-state index is -3.65. The molecule has 4 nitrogen and oxygen atoms in total. The fourth-order valence-electron chi connectivity index (χ4n) is 2.71. The van der Waals surface area contributed by atoms with Crippen LogP contribution in [0.4, 0.5) is 0 Å². The molecular weight excluding hydrogens is 330 g/mol. The van der Waals surface area contributed by atoms with E-state index in [0.717, 1.165) is 28.2 Å². The van der Waals surface area contributed by atoms with E-state index in [1.807, 2.05) is 37.3 Å². The van der Waals surface area contributed by atoms with Gasteiger partial charge in [-0.25, -0.2) is 13.1 Å². The number of hydrogen-bond donors (Lipinski definition) is 1. The number of thioether (sulfide) groups is 1. The highest BCUT2D eigenvalue weighted by Crippen LogP contribution is 2.37. The summed E-state index contributed by atoms with van der Waals surface area (Å²) in [7, 11) is -2.17. The summed E-state index contributed by atoms with van der Waals surface area (Å²) in [5.74, 6) is 1.26. The second-order valence-corrected chi connectivity index (χ2v) is 8.32. The Hall–Kier alpha value is -1.50. The van der Waals surface area contributed by atoms with Crippen molar-refractivity contribution >= 4 is 21.8 Å². The van der Waals surface area contributed by atoms with Crippen LogP contribution in [-0.4, -0.2) is 21.3 Å². The number of benzene rings is 2. The first-order valence-corrected chi connectivity index (χ1v) is 9.87. The first-order chi connectivity index (χ1) is 11.0. The number of fused-ring (bicyclic) bond motifs is 1. The zero-order valence-electron chi connectivity index (χ0n) is 13.1. The van der Waals surface area contributed by atoms with E-state index < -0.39 is 10.0 Å². The van der Waals surface area contributed by atoms with Crippen LogP contribution in [0.25, 0.3) is 0 Å². The maximum Gasteiger partial charge on any atom is 0.244 e. The Labute approximate surface area is 141 Å². The summed E-state index contributed by atoms with van der Waals surface area (Å²) in [6, 6.07) is 12.9. The molecule has 0 saturated carbocycles. The first kappa shape index (κ1) is 16.4. The van der Waals surface area contributed by atoms with Gasteiger partial charge in [0.05, 0.1) is 7.11 Å². The van der Waals surface area contributed by atoms with E-state index in [1.165, 1.54) is 7.11 Å². The quantitative estimate of drug-likeness (QED) is 0.918. The Bertz CT molecular complexity index is 818. The summed E-state index contributed by atoms with van der Waals surface area (Å²) in [5.41, 5.74) is 1.92. The van der Waals surface area contributed by atoms with Gasteiger partial charge in [0, 0.05) is 10.9 Å². The molecule has 0 fully saturated rings. The molecule has 0 aliphatic carbocycles. The highest BCUT2D eigenvalue weighted by molar-refractivity contribution is 7.99. The van der Waals surface area contributed by atoms with Gasteiger partial charge in [0.15, 0.2) is 0 Å². The van der Waals surface area contributed by atoms with E-state index in [-0.39, 0.29) is 10.9 Å². The number of aryl methyl sites for hydroxylation is 1. The number of sulfonamides is 1. The first-order valence-electron chi connectivity index (χ1n) is 7.40. The number of nitrogens with one attached hydrogen (secondary N) is 1. The Kier molecular flexibility index (Phi) is 4.66. The molecule has 0 saturated heterocycles. The van der Waals surface area contributed by atoms with Crippen LogP contribution in [0.2, 0.25) is 0 Å². The lowest BCUT2D eigenvalue weighted by atomic mass is 10.1. The molecule has 122 valence electrons. The molecule has 1 atom stereocenters. The van der Waals surface area contributed by atoms with Crippen molar-refractivity contribution in [2.75, 3.05) is 12.9 Å². The van der Waals surface area contributed by atoms with Gasteiger partial charge in [-0.05, 0) is 48.4 Å². The molecule has 1 aliphatic heterocycles. The maximum atomic E-state index is 12.8. The van der Waals surface area contributed by atoms with Crippen LogP contribution in [0, 0.1) is 6.92 Å². The van der Waals surface area contributed by atoms with Crippen molar-refractivity contribution < 1.29 is 13.2 Å². The average Bonchev–Trinajstić information content (AvgIpc) is 2.55. The van der Waals surface area contributed by atoms with Crippen molar-refractivity contribution in [2.45, 2.75) is 29.2 Å². The molecule has 3 rings (SSSR count). The molecule has 6 heteroatoms. The maximum absolute atomic E-state index is 12.8. The fraction of sp³-hybridized carbons (Fsp3) is 0.294. The van der Waals surface area contributed by atoms with Crippen LogP contribution >= 0.6 is 11.8 Å². The van der Waals surface area contributed by atoms with Gasteiger partial charge in [0.1, 0.15) is 10.6 Å². The molecule has 0 bridgehead atoms. The summed E-state index contributed by atoms with van der Waals surface area (Å²) in [6.07, 6.45) is 0.773. The van der Waals surface area contributed by atoms with Gasteiger partial charge in [-0.2, -0.15) is 0 Å². The molecule has 0 unspecified atom stereocenters. The standard InChI is InChI=1S/C17H19NO3S2/c1-12-7-8-15(21-2)17(11-12)23(19,20)18-14-9-10-22-16-6-4-3-5-13(14)16/h3-8,11,14,18H,9-10H2,1-2H3/t14-/m0/s1. The summed E-state index contributed by atoms with van der Waals surface area (Å²) in [4.78, 5) is 1.33. The van der Waals surface area contributed by atoms with Crippen molar-refractivity contribution in [1.82, 2.24) is 4.72 Å². The smallest absolute Gasteiger partial charge is 0.244 e. The molecule has 1 N–H and O–H groups in total. The van der Waals surface area contributed by atoms with E-state index >= 15 is 0 Å². The van der Waals surface area contributed by atoms with Crippen LogP contribution in [0.5, 0.6) is 5.75 Å². The third kappa shape index (κ3) is 3.39. The van der Waals surface area contributed by atoms with Gasteiger partial charge >= 0.3 is 0 Å². The number of hydrogen-bond acceptors (Lipinski definition) is 4. The minimum absolute atomic E-state index is 0.190. The fourth-order valence-corrected chi connectivity index (χ4v) is 5.34. The topological polar surface area (TPSA) is 55.4 Å². The molecule has 1 heterocycles. The SMILES string of the molecule is COc1ccc(C)cc1S(=O)(=O)N[C@H]1CCSc2ccccc21. The number of ether oxygens (including phenoxy) is 1. The van der Waals surface area contributed by atoms with Gasteiger partial charge in [0.25, 0.3) is 0 Å². The van der Waals surface area contributed by atoms with Gasteiger partial charge in [0.2, 0.25) is 10.0 Å². The Morgan fingerprint density at radius 1 is 1.22 bits per heavy atom. The highest BCUT2D eigenvalue weighted by Gasteiger charge is 2.27. The van der Waals surface area contributed by atoms with Crippen LogP contribution in [0.1, 0.15) is 23.6 Å². The van der Waals surface area contributed by atoms with E-state index in [2.05, 4.69) is 4.72 Å². The van der Waals surface area contributed by atoms with Gasteiger partial charge < -0.3 is 4.74 Å². The molecule has 2 aromatic carbocycles. The van der Waals surface area contributed by atoms with Crippen LogP contribution in [-0.2, 0) is 10.0 Å². The largest absolute Gasteiger partial charge is 0.495 e. The second kappa shape index (κ2) is 6.55. The third-order valence-corrected chi connectivity index (χ3v) is 6.48. The van der Waals surface area contributed by atoms with Crippen molar-refractivity contribution in [2.24, 2.45) is 0 Å². The highest BCUT2D eigenvalue weighted by atomic mass is 32.2. The molecule has 0 amide bonds. The van der Waals surface area contributed by atoms with Gasteiger partial charge in [-0.1, -0.05) is 24.3 Å². The van der Waals surface area contributed by atoms with E-state index in [0.29, 0.717) is 5.75 Å². The third-order valence-electron chi connectivity index (χ3n) is 3.86. The molecule has 0 radical (unpaired) electrons. The molecule has 23 heavy (non-hydrogen) atoms. The summed E-state index contributed by atoms with van der Waals surface area (Å²) < 4.78 is 33.8. The Morgan fingerprint density at radius 2 is 2.00 bits per heavy atom. The van der Waals surface area contributed by atoms with Crippen molar-refractivity contribution in [3.63, 3.8) is 0 Å². The van der Waals surface area contributed by atoms with E-state index in [4.69, 9.17) is 4.74 Å². The van der Waals surface area contributed by atoms with E-state index in [1.54, 1.807) is 23.9 Å².